The first kappa shape index (κ1) is 22.2. The smallest absolute Gasteiger partial charge is 0.310 e. The SMILES string of the molecule is CCC(C)OC(=O)Cc1c(C)n(C(=O)c2ccc(Cl)cc2)c2ccc(OC)c(Cl)c12. The molecule has 1 atom stereocenters. The van der Waals surface area contributed by atoms with Crippen LogP contribution in [0.3, 0.4) is 0 Å². The van der Waals surface area contributed by atoms with Gasteiger partial charge in [0.05, 0.1) is 30.2 Å². The van der Waals surface area contributed by atoms with E-state index < -0.39 is 0 Å². The molecule has 0 aliphatic heterocycles. The molecular weight excluding hydrogens is 425 g/mol. The van der Waals surface area contributed by atoms with Gasteiger partial charge in [0.1, 0.15) is 5.75 Å². The van der Waals surface area contributed by atoms with Crippen LogP contribution >= 0.6 is 23.2 Å². The fraction of sp³-hybridized carbons (Fsp3) is 0.304. The summed E-state index contributed by atoms with van der Waals surface area (Å²) in [6, 6.07) is 10.1. The van der Waals surface area contributed by atoms with Crippen molar-refractivity contribution >= 4 is 46.0 Å². The maximum absolute atomic E-state index is 13.3. The zero-order valence-corrected chi connectivity index (χ0v) is 18.8. The number of hydrogen-bond donors (Lipinski definition) is 0. The maximum Gasteiger partial charge on any atom is 0.310 e. The summed E-state index contributed by atoms with van der Waals surface area (Å²) < 4.78 is 12.4. The highest BCUT2D eigenvalue weighted by Gasteiger charge is 2.25. The Morgan fingerprint density at radius 3 is 2.37 bits per heavy atom. The first-order valence-corrected chi connectivity index (χ1v) is 10.4. The van der Waals surface area contributed by atoms with Crippen LogP contribution in [0.2, 0.25) is 10.0 Å². The van der Waals surface area contributed by atoms with Crippen molar-refractivity contribution in [2.24, 2.45) is 0 Å². The van der Waals surface area contributed by atoms with E-state index in [1.165, 1.54) is 7.11 Å². The van der Waals surface area contributed by atoms with Crippen molar-refractivity contribution in [3.05, 3.63) is 63.3 Å². The zero-order valence-electron chi connectivity index (χ0n) is 17.3. The van der Waals surface area contributed by atoms with E-state index in [1.807, 2.05) is 13.8 Å². The van der Waals surface area contributed by atoms with Crippen LogP contribution in [-0.2, 0) is 16.0 Å². The molecule has 1 heterocycles. The summed E-state index contributed by atoms with van der Waals surface area (Å²) in [4.78, 5) is 25.8. The third-order valence-electron chi connectivity index (χ3n) is 5.14. The number of hydrogen-bond acceptors (Lipinski definition) is 4. The van der Waals surface area contributed by atoms with Crippen LogP contribution in [-0.4, -0.2) is 29.7 Å². The summed E-state index contributed by atoms with van der Waals surface area (Å²) in [6.07, 6.45) is 0.531. The molecule has 0 radical (unpaired) electrons. The minimum Gasteiger partial charge on any atom is -0.495 e. The molecular formula is C23H23Cl2NO4. The second kappa shape index (κ2) is 9.11. The normalized spacial score (nSPS) is 12.1. The van der Waals surface area contributed by atoms with E-state index in [0.29, 0.717) is 43.5 Å². The predicted octanol–water partition coefficient (Wildman–Crippen LogP) is 5.84. The van der Waals surface area contributed by atoms with Crippen molar-refractivity contribution in [2.45, 2.75) is 39.7 Å². The molecule has 0 bridgehead atoms. The summed E-state index contributed by atoms with van der Waals surface area (Å²) in [7, 11) is 1.52. The number of fused-ring (bicyclic) bond motifs is 1. The van der Waals surface area contributed by atoms with Gasteiger partial charge in [-0.1, -0.05) is 30.1 Å². The van der Waals surface area contributed by atoms with Gasteiger partial charge in [-0.15, -0.1) is 0 Å². The topological polar surface area (TPSA) is 57.5 Å². The van der Waals surface area contributed by atoms with Crippen molar-refractivity contribution in [3.63, 3.8) is 0 Å². The Hall–Kier alpha value is -2.50. The fourth-order valence-corrected chi connectivity index (χ4v) is 3.84. The summed E-state index contributed by atoms with van der Waals surface area (Å²) in [5, 5.41) is 1.51. The molecule has 0 aliphatic rings. The Kier molecular flexibility index (Phi) is 6.74. The van der Waals surface area contributed by atoms with Crippen molar-refractivity contribution in [1.82, 2.24) is 4.57 Å². The molecule has 2 aromatic carbocycles. The molecule has 7 heteroatoms. The zero-order chi connectivity index (χ0) is 22.0. The first-order chi connectivity index (χ1) is 14.3. The average molecular weight is 448 g/mol. The molecule has 30 heavy (non-hydrogen) atoms. The van der Waals surface area contributed by atoms with Gasteiger partial charge in [0, 0.05) is 21.7 Å². The second-order valence-corrected chi connectivity index (χ2v) is 7.89. The standard InChI is InChI=1S/C23H23Cl2NO4/c1-5-13(2)30-20(27)12-17-14(3)26(23(28)15-6-8-16(24)9-7-15)18-10-11-19(29-4)22(25)21(17)18/h6-11,13H,5,12H2,1-4H3. The first-order valence-electron chi connectivity index (χ1n) is 9.64. The van der Waals surface area contributed by atoms with Gasteiger partial charge in [0.25, 0.3) is 5.91 Å². The third-order valence-corrected chi connectivity index (χ3v) is 5.77. The van der Waals surface area contributed by atoms with Gasteiger partial charge in [0.15, 0.2) is 0 Å². The lowest BCUT2D eigenvalue weighted by molar-refractivity contribution is -0.147. The Bertz CT molecular complexity index is 1100. The third kappa shape index (κ3) is 4.18. The highest BCUT2D eigenvalue weighted by molar-refractivity contribution is 6.37. The number of carbonyl (C=O) groups is 2. The lowest BCUT2D eigenvalue weighted by Crippen LogP contribution is -2.17. The maximum atomic E-state index is 13.3. The van der Waals surface area contributed by atoms with Gasteiger partial charge in [-0.3, -0.25) is 14.2 Å². The quantitative estimate of drug-likeness (QED) is 0.445. The van der Waals surface area contributed by atoms with Crippen LogP contribution in [0.5, 0.6) is 5.75 Å². The molecule has 0 aliphatic carbocycles. The molecule has 0 saturated carbocycles. The van der Waals surface area contributed by atoms with E-state index >= 15 is 0 Å². The van der Waals surface area contributed by atoms with E-state index in [-0.39, 0.29) is 24.4 Å². The van der Waals surface area contributed by atoms with Crippen molar-refractivity contribution in [2.75, 3.05) is 7.11 Å². The molecule has 3 aromatic rings. The number of nitrogens with zero attached hydrogens (tertiary/aromatic N) is 1. The number of rotatable bonds is 6. The molecule has 0 saturated heterocycles. The molecule has 1 aromatic heterocycles. The minimum atomic E-state index is -0.371. The fourth-order valence-electron chi connectivity index (χ4n) is 3.37. The van der Waals surface area contributed by atoms with Crippen molar-refractivity contribution in [3.8, 4) is 5.75 Å². The lowest BCUT2D eigenvalue weighted by atomic mass is 10.1. The largest absolute Gasteiger partial charge is 0.495 e. The predicted molar refractivity (Wildman–Crippen MR) is 119 cm³/mol. The van der Waals surface area contributed by atoms with Crippen LogP contribution in [0.1, 0.15) is 41.9 Å². The monoisotopic (exact) mass is 447 g/mol. The molecule has 0 fully saturated rings. The molecule has 1 unspecified atom stereocenters. The number of carbonyl (C=O) groups excluding carboxylic acids is 2. The van der Waals surface area contributed by atoms with Gasteiger partial charge < -0.3 is 9.47 Å². The highest BCUT2D eigenvalue weighted by atomic mass is 35.5. The Labute approximate surface area is 185 Å². The number of methoxy groups -OCH3 is 1. The van der Waals surface area contributed by atoms with Crippen LogP contribution in [0.15, 0.2) is 36.4 Å². The highest BCUT2D eigenvalue weighted by Crippen LogP contribution is 2.38. The van der Waals surface area contributed by atoms with Gasteiger partial charge in [-0.25, -0.2) is 0 Å². The van der Waals surface area contributed by atoms with Crippen molar-refractivity contribution < 1.29 is 19.1 Å². The Balaban J connectivity index is 2.17. The molecule has 0 amide bonds. The van der Waals surface area contributed by atoms with Crippen LogP contribution < -0.4 is 4.74 Å². The van der Waals surface area contributed by atoms with Gasteiger partial charge in [0.2, 0.25) is 0 Å². The van der Waals surface area contributed by atoms with Crippen LogP contribution in [0.25, 0.3) is 10.9 Å². The molecule has 158 valence electrons. The molecule has 3 rings (SSSR count). The van der Waals surface area contributed by atoms with E-state index in [1.54, 1.807) is 47.9 Å². The van der Waals surface area contributed by atoms with Crippen LogP contribution in [0, 0.1) is 6.92 Å². The molecule has 5 nitrogen and oxygen atoms in total. The number of ether oxygens (including phenoxy) is 2. The number of benzene rings is 2. The summed E-state index contributed by atoms with van der Waals surface area (Å²) in [5.74, 6) is -0.141. The summed E-state index contributed by atoms with van der Waals surface area (Å²) in [6.45, 7) is 5.58. The number of aromatic nitrogens is 1. The van der Waals surface area contributed by atoms with Crippen molar-refractivity contribution in [1.29, 1.82) is 0 Å². The minimum absolute atomic E-state index is 0.000455. The van der Waals surface area contributed by atoms with E-state index in [2.05, 4.69) is 0 Å². The lowest BCUT2D eigenvalue weighted by Gasteiger charge is -2.11. The van der Waals surface area contributed by atoms with E-state index in [4.69, 9.17) is 32.7 Å². The van der Waals surface area contributed by atoms with Gasteiger partial charge in [-0.2, -0.15) is 0 Å². The Morgan fingerprint density at radius 1 is 1.10 bits per heavy atom. The number of halogens is 2. The molecule has 0 spiro atoms. The average Bonchev–Trinajstić information content (AvgIpc) is 3.00. The number of esters is 1. The second-order valence-electron chi connectivity index (χ2n) is 7.07. The Morgan fingerprint density at radius 2 is 1.77 bits per heavy atom. The van der Waals surface area contributed by atoms with E-state index in [9.17, 15) is 9.59 Å². The van der Waals surface area contributed by atoms with E-state index in [0.717, 1.165) is 6.42 Å². The van der Waals surface area contributed by atoms with Gasteiger partial charge in [-0.05, 0) is 62.2 Å². The summed E-state index contributed by atoms with van der Waals surface area (Å²) in [5.41, 5.74) is 2.34. The van der Waals surface area contributed by atoms with Crippen LogP contribution in [0.4, 0.5) is 0 Å². The van der Waals surface area contributed by atoms with Gasteiger partial charge >= 0.3 is 5.97 Å². The molecule has 0 N–H and O–H groups in total. The summed E-state index contributed by atoms with van der Waals surface area (Å²) >= 11 is 12.6.